The Kier molecular flexibility index (Phi) is 10.6. The molecule has 3 rings (SSSR count). The number of imidazole rings is 1. The second kappa shape index (κ2) is 12.5. The van der Waals surface area contributed by atoms with E-state index < -0.39 is 72.0 Å². The van der Waals surface area contributed by atoms with Crippen LogP contribution in [0.25, 0.3) is 11.2 Å². The highest BCUT2D eigenvalue weighted by Crippen LogP contribution is 2.75. The number of aliphatic hydroxyl groups is 1. The zero-order valence-electron chi connectivity index (χ0n) is 19.7. The monoisotopic (exact) mass is 731 g/mol. The lowest BCUT2D eigenvalue weighted by Gasteiger charge is -2.21. The number of hydrogen-bond donors (Lipinski definition) is 9. The van der Waals surface area contributed by atoms with Crippen molar-refractivity contribution < 1.29 is 97.6 Å². The maximum atomic E-state index is 12.1. The number of ether oxygens (including phenoxy) is 1. The van der Waals surface area contributed by atoms with Crippen molar-refractivity contribution in [1.29, 1.82) is 0 Å². The Balaban J connectivity index is 1.58. The number of nitrogen functional groups attached to an aromatic ring is 1. The van der Waals surface area contributed by atoms with Gasteiger partial charge in [-0.2, -0.15) is 21.6 Å². The normalized spacial score (nSPS) is 27.0. The van der Waals surface area contributed by atoms with Crippen LogP contribution in [-0.4, -0.2) is 77.7 Å². The van der Waals surface area contributed by atoms with Gasteiger partial charge in [0.1, 0.15) is 24.2 Å². The van der Waals surface area contributed by atoms with Crippen LogP contribution in [0, 0.1) is 0 Å². The molecule has 0 aromatic carbocycles. The van der Waals surface area contributed by atoms with Gasteiger partial charge in [0.25, 0.3) is 0 Å². The second-order valence-electron chi connectivity index (χ2n) is 7.55. The lowest BCUT2D eigenvalue weighted by Crippen LogP contribution is -2.26. The Labute approximate surface area is 231 Å². The molecule has 0 aliphatic carbocycles. The van der Waals surface area contributed by atoms with Gasteiger partial charge >= 0.3 is 46.9 Å². The van der Waals surface area contributed by atoms with E-state index in [1.807, 2.05) is 0 Å². The van der Waals surface area contributed by atoms with Crippen molar-refractivity contribution in [3.63, 3.8) is 0 Å². The zero-order valence-corrected chi connectivity index (χ0v) is 25.1. The van der Waals surface area contributed by atoms with E-state index in [9.17, 15) is 52.1 Å². The van der Waals surface area contributed by atoms with Gasteiger partial charge in [-0.25, -0.2) is 42.3 Å². The summed E-state index contributed by atoms with van der Waals surface area (Å²) in [6, 6.07) is 0. The van der Waals surface area contributed by atoms with Crippen LogP contribution in [-0.2, 0) is 58.2 Å². The first-order chi connectivity index (χ1) is 18.9. The number of aromatic nitrogens is 4. The molecule has 1 saturated heterocycles. The van der Waals surface area contributed by atoms with Gasteiger partial charge in [0.2, 0.25) is 0 Å². The van der Waals surface area contributed by atoms with E-state index in [1.54, 1.807) is 0 Å². The predicted molar refractivity (Wildman–Crippen MR) is 127 cm³/mol. The Morgan fingerprint density at radius 2 is 1.31 bits per heavy atom. The average Bonchev–Trinajstić information content (AvgIpc) is 3.30. The second-order valence-corrected chi connectivity index (χ2v) is 16.7. The molecule has 42 heavy (non-hydrogen) atoms. The summed E-state index contributed by atoms with van der Waals surface area (Å²) in [6.07, 6.45) is -1.48. The van der Waals surface area contributed by atoms with E-state index >= 15 is 0 Å². The molecule has 240 valence electrons. The molecule has 2 aromatic heterocycles. The van der Waals surface area contributed by atoms with Crippen molar-refractivity contribution in [3.8, 4) is 0 Å². The highest BCUT2D eigenvalue weighted by molar-refractivity contribution is 7.72. The molecule has 32 heteroatoms. The Bertz CT molecular complexity index is 1610. The van der Waals surface area contributed by atoms with Crippen molar-refractivity contribution in [3.05, 3.63) is 12.7 Å². The number of phosphoric acid groups is 6. The van der Waals surface area contributed by atoms with Gasteiger partial charge in [0, 0.05) is 6.42 Å². The number of hydrogen-bond acceptors (Lipinski definition) is 18. The van der Waals surface area contributed by atoms with Crippen molar-refractivity contribution in [2.24, 2.45) is 0 Å². The first-order valence-electron chi connectivity index (χ1n) is 10.1. The van der Waals surface area contributed by atoms with E-state index in [1.165, 1.54) is 10.9 Å². The molecule has 10 N–H and O–H groups in total. The van der Waals surface area contributed by atoms with Gasteiger partial charge in [0.05, 0.1) is 19.0 Å². The summed E-state index contributed by atoms with van der Waals surface area (Å²) in [5.41, 5.74) is 6.11. The van der Waals surface area contributed by atoms with Gasteiger partial charge in [-0.3, -0.25) is 9.09 Å². The predicted octanol–water partition coefficient (Wildman–Crippen LogP) is -0.249. The van der Waals surface area contributed by atoms with Crippen LogP contribution < -0.4 is 5.73 Å². The summed E-state index contributed by atoms with van der Waals surface area (Å²) in [6.45, 7) is -1.01. The van der Waals surface area contributed by atoms with Gasteiger partial charge in [0.15, 0.2) is 11.5 Å². The fourth-order valence-electron chi connectivity index (χ4n) is 3.02. The van der Waals surface area contributed by atoms with Crippen LogP contribution in [0.2, 0.25) is 0 Å². The molecule has 1 fully saturated rings. The molecule has 0 spiro atoms. The minimum Gasteiger partial charge on any atom is -0.390 e. The van der Waals surface area contributed by atoms with E-state index in [0.29, 0.717) is 0 Å². The van der Waals surface area contributed by atoms with E-state index in [-0.39, 0.29) is 23.4 Å². The Morgan fingerprint density at radius 1 is 0.810 bits per heavy atom. The van der Waals surface area contributed by atoms with Gasteiger partial charge in [-0.05, 0) is 0 Å². The molecule has 0 radical (unpaired) electrons. The molecule has 26 nitrogen and oxygen atoms in total. The molecular formula is C10H19N5O21P6. The van der Waals surface area contributed by atoms with Crippen LogP contribution in [0.5, 0.6) is 0 Å². The van der Waals surface area contributed by atoms with Crippen molar-refractivity contribution in [1.82, 2.24) is 19.5 Å². The molecule has 3 heterocycles. The number of anilines is 1. The molecule has 0 saturated carbocycles. The SMILES string of the molecule is Nc1ncnc2c1ncn2[C@H]1C[C@H](O)[C@@H](COP(=O)(O)OP(=O)(O)OP(=O)(O)OP(=O)(O)OP(=O)(O)OP(=O)(O)O)O1. The fourth-order valence-corrected chi connectivity index (χ4v) is 10.3. The number of aliphatic hydroxyl groups excluding tert-OH is 1. The van der Waals surface area contributed by atoms with Crippen LogP contribution in [0.3, 0.4) is 0 Å². The molecule has 8 atom stereocenters. The Hall–Kier alpha value is -0.870. The van der Waals surface area contributed by atoms with Crippen LogP contribution >= 0.6 is 46.9 Å². The van der Waals surface area contributed by atoms with Crippen LogP contribution in [0.4, 0.5) is 5.82 Å². The number of nitrogens with two attached hydrogens (primary N) is 1. The topological polar surface area (TPSA) is 398 Å². The van der Waals surface area contributed by atoms with Crippen molar-refractivity contribution in [2.45, 2.75) is 24.9 Å². The third-order valence-corrected chi connectivity index (χ3v) is 13.1. The van der Waals surface area contributed by atoms with Gasteiger partial charge in [-0.1, -0.05) is 0 Å². The zero-order chi connectivity index (χ0) is 31.9. The van der Waals surface area contributed by atoms with Gasteiger partial charge < -0.3 is 49.8 Å². The number of rotatable bonds is 14. The third-order valence-electron chi connectivity index (χ3n) is 4.34. The largest absolute Gasteiger partial charge is 0.490 e. The summed E-state index contributed by atoms with van der Waals surface area (Å²) < 4.78 is 97.7. The summed E-state index contributed by atoms with van der Waals surface area (Å²) >= 11 is 0. The summed E-state index contributed by atoms with van der Waals surface area (Å²) in [5.74, 6) is 0.0423. The maximum Gasteiger partial charge on any atom is 0.490 e. The van der Waals surface area contributed by atoms with E-state index in [2.05, 4.69) is 41.0 Å². The summed E-state index contributed by atoms with van der Waals surface area (Å²) in [5, 5.41) is 10.2. The van der Waals surface area contributed by atoms with E-state index in [0.717, 1.165) is 6.33 Å². The fraction of sp³-hybridized carbons (Fsp3) is 0.500. The molecular weight excluding hydrogens is 712 g/mol. The number of fused-ring (bicyclic) bond motifs is 1. The van der Waals surface area contributed by atoms with Gasteiger partial charge in [-0.15, -0.1) is 0 Å². The lowest BCUT2D eigenvalue weighted by molar-refractivity contribution is -0.0423. The smallest absolute Gasteiger partial charge is 0.390 e. The summed E-state index contributed by atoms with van der Waals surface area (Å²) in [4.78, 5) is 75.5. The number of phosphoric ester groups is 1. The average molecular weight is 731 g/mol. The molecule has 0 amide bonds. The van der Waals surface area contributed by atoms with E-state index in [4.69, 9.17) is 25.2 Å². The molecule has 5 unspecified atom stereocenters. The molecule has 1 aliphatic rings. The standard InChI is InChI=1S/C10H19N5O21P6/c11-9-8-10(13-3-12-9)15(4-14-8)7-1-5(16)6(31-7)2-30-38(20,21)33-40(24,25)35-42(28,29)36-41(26,27)34-39(22,23)32-37(17,18)19/h3-7,16H,1-2H2,(H,20,21)(H,22,23)(H,24,25)(H,26,27)(H,28,29)(H2,11,12,13)(H2,17,18,19)/t5-,6+,7+/m0/s1. The van der Waals surface area contributed by atoms with Crippen molar-refractivity contribution in [2.75, 3.05) is 12.3 Å². The lowest BCUT2D eigenvalue weighted by atomic mass is 10.2. The maximum absolute atomic E-state index is 12.1. The minimum atomic E-state index is -6.41. The molecule has 0 bridgehead atoms. The highest BCUT2D eigenvalue weighted by Gasteiger charge is 2.49. The highest BCUT2D eigenvalue weighted by atomic mass is 31.3. The van der Waals surface area contributed by atoms with Crippen LogP contribution in [0.15, 0.2) is 12.7 Å². The molecule has 1 aliphatic heterocycles. The van der Waals surface area contributed by atoms with Crippen molar-refractivity contribution >= 4 is 63.9 Å². The first-order valence-corrected chi connectivity index (χ1v) is 19.1. The third kappa shape index (κ3) is 10.4. The molecule has 2 aromatic rings. The number of nitrogens with zero attached hydrogens (tertiary/aromatic N) is 4. The Morgan fingerprint density at radius 3 is 1.83 bits per heavy atom. The first kappa shape index (κ1) is 35.6. The summed E-state index contributed by atoms with van der Waals surface area (Å²) in [7, 11) is -36.8. The van der Waals surface area contributed by atoms with Crippen LogP contribution in [0.1, 0.15) is 12.6 Å². The quantitative estimate of drug-likeness (QED) is 0.113. The minimum absolute atomic E-state index is 0.0423.